The highest BCUT2D eigenvalue weighted by Gasteiger charge is 2.13. The molecule has 0 aromatic carbocycles. The first-order valence-electron chi connectivity index (χ1n) is 6.17. The molecule has 0 radical (unpaired) electrons. The number of thiophene rings is 1. The predicted octanol–water partition coefficient (Wildman–Crippen LogP) is 3.99. The third-order valence-electron chi connectivity index (χ3n) is 3.34. The van der Waals surface area contributed by atoms with Crippen LogP contribution in [0, 0.1) is 5.92 Å². The summed E-state index contributed by atoms with van der Waals surface area (Å²) in [6.07, 6.45) is 1.99. The number of hydrogen-bond acceptors (Lipinski definition) is 3. The zero-order chi connectivity index (χ0) is 12.4. The molecule has 0 aliphatic carbocycles. The van der Waals surface area contributed by atoms with Crippen LogP contribution in [0.5, 0.6) is 0 Å². The van der Waals surface area contributed by atoms with Gasteiger partial charge in [0.25, 0.3) is 0 Å². The van der Waals surface area contributed by atoms with Crippen LogP contribution in [0.25, 0.3) is 10.2 Å². The van der Waals surface area contributed by atoms with Gasteiger partial charge in [0.2, 0.25) is 0 Å². The fourth-order valence-corrected chi connectivity index (χ4v) is 2.57. The topological polar surface area (TPSA) is 24.9 Å². The summed E-state index contributed by atoms with van der Waals surface area (Å²) in [5.41, 5.74) is 2.37. The number of nitrogens with zero attached hydrogens (tertiary/aromatic N) is 1. The van der Waals surface area contributed by atoms with E-state index in [0.717, 1.165) is 5.52 Å². The Morgan fingerprint density at radius 3 is 2.71 bits per heavy atom. The Balaban J connectivity index is 2.15. The van der Waals surface area contributed by atoms with Gasteiger partial charge in [0, 0.05) is 18.3 Å². The Labute approximate surface area is 107 Å². The number of rotatable bonds is 4. The Morgan fingerprint density at radius 1 is 1.24 bits per heavy atom. The van der Waals surface area contributed by atoms with E-state index in [0.29, 0.717) is 18.0 Å². The van der Waals surface area contributed by atoms with Crippen molar-refractivity contribution in [1.29, 1.82) is 0 Å². The van der Waals surface area contributed by atoms with Crippen molar-refractivity contribution in [3.8, 4) is 0 Å². The highest BCUT2D eigenvalue weighted by Crippen LogP contribution is 2.23. The molecule has 0 aliphatic rings. The molecule has 2 heterocycles. The minimum absolute atomic E-state index is 0.353. The fourth-order valence-electron chi connectivity index (χ4n) is 1.78. The molecular weight excluding hydrogens is 228 g/mol. The van der Waals surface area contributed by atoms with Crippen LogP contribution in [-0.2, 0) is 0 Å². The monoisotopic (exact) mass is 248 g/mol. The third kappa shape index (κ3) is 2.85. The summed E-state index contributed by atoms with van der Waals surface area (Å²) in [4.78, 5) is 4.48. The second-order valence-corrected chi connectivity index (χ2v) is 5.94. The first-order valence-corrected chi connectivity index (χ1v) is 7.05. The molecule has 2 unspecified atom stereocenters. The summed E-state index contributed by atoms with van der Waals surface area (Å²) in [6.45, 7) is 8.92. The quantitative estimate of drug-likeness (QED) is 0.885. The Hall–Kier alpha value is -0.930. The van der Waals surface area contributed by atoms with Crippen LogP contribution in [-0.4, -0.2) is 11.0 Å². The normalized spacial score (nSPS) is 15.4. The van der Waals surface area contributed by atoms with E-state index in [-0.39, 0.29) is 0 Å². The zero-order valence-corrected chi connectivity index (χ0v) is 11.7. The van der Waals surface area contributed by atoms with Gasteiger partial charge in [-0.25, -0.2) is 0 Å². The average molecular weight is 248 g/mol. The van der Waals surface area contributed by atoms with Gasteiger partial charge in [-0.2, -0.15) is 0 Å². The summed E-state index contributed by atoms with van der Waals surface area (Å²) in [5, 5.41) is 5.71. The molecule has 2 aromatic rings. The molecule has 0 saturated heterocycles. The van der Waals surface area contributed by atoms with E-state index in [9.17, 15) is 0 Å². The van der Waals surface area contributed by atoms with Crippen molar-refractivity contribution in [2.75, 3.05) is 0 Å². The lowest BCUT2D eigenvalue weighted by atomic mass is 10.0. The fraction of sp³-hybridized carbons (Fsp3) is 0.500. The zero-order valence-electron chi connectivity index (χ0n) is 10.9. The number of nitrogens with one attached hydrogen (secondary N) is 1. The van der Waals surface area contributed by atoms with Gasteiger partial charge in [-0.15, -0.1) is 11.3 Å². The number of aromatic nitrogens is 1. The molecule has 1 N–H and O–H groups in total. The van der Waals surface area contributed by atoms with Gasteiger partial charge in [-0.05, 0) is 42.8 Å². The first-order chi connectivity index (χ1) is 8.08. The molecule has 0 aliphatic heterocycles. The molecule has 0 amide bonds. The molecule has 0 fully saturated rings. The van der Waals surface area contributed by atoms with E-state index in [2.05, 4.69) is 55.5 Å². The van der Waals surface area contributed by atoms with E-state index in [1.807, 2.05) is 6.20 Å². The lowest BCUT2D eigenvalue weighted by Crippen LogP contribution is -2.33. The first kappa shape index (κ1) is 12.5. The van der Waals surface area contributed by atoms with E-state index in [4.69, 9.17) is 0 Å². The van der Waals surface area contributed by atoms with Crippen molar-refractivity contribution < 1.29 is 0 Å². The van der Waals surface area contributed by atoms with Crippen molar-refractivity contribution in [1.82, 2.24) is 10.3 Å². The van der Waals surface area contributed by atoms with Crippen molar-refractivity contribution in [2.45, 2.75) is 39.8 Å². The van der Waals surface area contributed by atoms with Crippen LogP contribution in [0.4, 0.5) is 0 Å². The Bertz CT molecular complexity index is 490. The minimum Gasteiger partial charge on any atom is -0.307 e. The maximum absolute atomic E-state index is 4.48. The molecule has 2 nitrogen and oxygen atoms in total. The summed E-state index contributed by atoms with van der Waals surface area (Å²) < 4.78 is 1.27. The summed E-state index contributed by atoms with van der Waals surface area (Å²) in [7, 11) is 0. The van der Waals surface area contributed by atoms with Crippen molar-refractivity contribution >= 4 is 21.6 Å². The van der Waals surface area contributed by atoms with E-state index in [1.54, 1.807) is 11.3 Å². The van der Waals surface area contributed by atoms with Gasteiger partial charge in [0.05, 0.1) is 10.2 Å². The van der Waals surface area contributed by atoms with Crippen LogP contribution < -0.4 is 5.32 Å². The highest BCUT2D eigenvalue weighted by atomic mass is 32.1. The Kier molecular flexibility index (Phi) is 3.79. The van der Waals surface area contributed by atoms with E-state index in [1.165, 1.54) is 10.3 Å². The number of hydrogen-bond donors (Lipinski definition) is 1. The average Bonchev–Trinajstić information content (AvgIpc) is 2.75. The van der Waals surface area contributed by atoms with Crippen LogP contribution in [0.3, 0.4) is 0 Å². The molecule has 2 atom stereocenters. The van der Waals surface area contributed by atoms with E-state index < -0.39 is 0 Å². The van der Waals surface area contributed by atoms with Gasteiger partial charge in [0.15, 0.2) is 0 Å². The smallest absolute Gasteiger partial charge is 0.0809 e. The molecular formula is C14H20N2S. The van der Waals surface area contributed by atoms with Crippen LogP contribution in [0.1, 0.15) is 39.3 Å². The molecule has 3 heteroatoms. The molecule has 2 aromatic heterocycles. The third-order valence-corrected chi connectivity index (χ3v) is 4.19. The van der Waals surface area contributed by atoms with Gasteiger partial charge < -0.3 is 5.32 Å². The lowest BCUT2D eigenvalue weighted by Gasteiger charge is -2.23. The lowest BCUT2D eigenvalue weighted by molar-refractivity contribution is 0.388. The van der Waals surface area contributed by atoms with Gasteiger partial charge in [-0.1, -0.05) is 13.8 Å². The molecule has 0 spiro atoms. The molecule has 92 valence electrons. The summed E-state index contributed by atoms with van der Waals surface area (Å²) in [6, 6.07) is 5.19. The van der Waals surface area contributed by atoms with Crippen LogP contribution in [0.2, 0.25) is 0 Å². The predicted molar refractivity (Wildman–Crippen MR) is 75.5 cm³/mol. The molecule has 2 rings (SSSR count). The molecule has 17 heavy (non-hydrogen) atoms. The standard InChI is InChI=1S/C14H20N2S/c1-9(2)10(3)16-11(4)12-7-14-13(15-8-12)5-6-17-14/h5-11,16H,1-4H3. The summed E-state index contributed by atoms with van der Waals surface area (Å²) in [5.74, 6) is 0.649. The minimum atomic E-state index is 0.353. The number of pyridine rings is 1. The highest BCUT2D eigenvalue weighted by molar-refractivity contribution is 7.17. The maximum Gasteiger partial charge on any atom is 0.0809 e. The largest absolute Gasteiger partial charge is 0.307 e. The Morgan fingerprint density at radius 2 is 2.00 bits per heavy atom. The molecule has 0 bridgehead atoms. The van der Waals surface area contributed by atoms with Crippen LogP contribution >= 0.6 is 11.3 Å². The van der Waals surface area contributed by atoms with Crippen LogP contribution in [0.15, 0.2) is 23.7 Å². The van der Waals surface area contributed by atoms with Crippen molar-refractivity contribution in [3.05, 3.63) is 29.3 Å². The molecule has 0 saturated carbocycles. The second kappa shape index (κ2) is 5.15. The van der Waals surface area contributed by atoms with E-state index >= 15 is 0 Å². The van der Waals surface area contributed by atoms with Crippen molar-refractivity contribution in [3.63, 3.8) is 0 Å². The van der Waals surface area contributed by atoms with Gasteiger partial charge in [0.1, 0.15) is 0 Å². The van der Waals surface area contributed by atoms with Crippen molar-refractivity contribution in [2.24, 2.45) is 5.92 Å². The number of fused-ring (bicyclic) bond motifs is 1. The second-order valence-electron chi connectivity index (χ2n) is 4.99. The summed E-state index contributed by atoms with van der Waals surface area (Å²) >= 11 is 1.75. The maximum atomic E-state index is 4.48. The van der Waals surface area contributed by atoms with Gasteiger partial charge >= 0.3 is 0 Å². The SMILES string of the molecule is CC(NC(C)C(C)C)c1cnc2ccsc2c1. The van der Waals surface area contributed by atoms with Gasteiger partial charge in [-0.3, -0.25) is 4.98 Å².